The zero-order valence-electron chi connectivity index (χ0n) is 10.5. The van der Waals surface area contributed by atoms with Gasteiger partial charge in [0.1, 0.15) is 0 Å². The highest BCUT2D eigenvalue weighted by Gasteiger charge is 2.27. The Balaban J connectivity index is 1.73. The molecule has 0 aliphatic carbocycles. The summed E-state index contributed by atoms with van der Waals surface area (Å²) in [5.41, 5.74) is 5.63. The van der Waals surface area contributed by atoms with E-state index in [0.717, 1.165) is 18.9 Å². The van der Waals surface area contributed by atoms with E-state index in [9.17, 15) is 0 Å². The molecule has 2 fully saturated rings. The van der Waals surface area contributed by atoms with Crippen molar-refractivity contribution >= 4 is 0 Å². The summed E-state index contributed by atoms with van der Waals surface area (Å²) in [5.74, 6) is 0.917. The van der Waals surface area contributed by atoms with Crippen molar-refractivity contribution in [2.24, 2.45) is 11.7 Å². The fourth-order valence-electron chi connectivity index (χ4n) is 3.03. The van der Waals surface area contributed by atoms with Crippen LogP contribution in [0.2, 0.25) is 0 Å². The Bertz CT molecular complexity index is 210. The molecule has 0 radical (unpaired) electrons. The van der Waals surface area contributed by atoms with Crippen molar-refractivity contribution in [1.29, 1.82) is 0 Å². The number of rotatable bonds is 4. The van der Waals surface area contributed by atoms with Crippen molar-refractivity contribution in [2.75, 3.05) is 26.2 Å². The zero-order chi connectivity index (χ0) is 11.4. The van der Waals surface area contributed by atoms with E-state index in [2.05, 4.69) is 11.8 Å². The number of piperidine rings is 1. The van der Waals surface area contributed by atoms with Gasteiger partial charge in [0.05, 0.1) is 12.2 Å². The summed E-state index contributed by atoms with van der Waals surface area (Å²) < 4.78 is 5.92. The van der Waals surface area contributed by atoms with Gasteiger partial charge in [-0.3, -0.25) is 0 Å². The summed E-state index contributed by atoms with van der Waals surface area (Å²) in [6.45, 7) is 6.68. The van der Waals surface area contributed by atoms with Gasteiger partial charge in [-0.05, 0) is 38.1 Å². The number of likely N-dealkylation sites (tertiary alicyclic amines) is 1. The van der Waals surface area contributed by atoms with Crippen molar-refractivity contribution in [2.45, 2.75) is 51.2 Å². The van der Waals surface area contributed by atoms with E-state index in [0.29, 0.717) is 18.8 Å². The maximum absolute atomic E-state index is 5.92. The van der Waals surface area contributed by atoms with Gasteiger partial charge in [0.15, 0.2) is 0 Å². The molecular formula is C13H26N2O. The standard InChI is InChI=1S/C13H26N2O/c1-2-11-4-3-7-15(9-11)10-13-6-5-12(8-14)16-13/h11-13H,2-10,14H2,1H3. The summed E-state index contributed by atoms with van der Waals surface area (Å²) in [5, 5.41) is 0. The molecule has 2 heterocycles. The Labute approximate surface area is 99.3 Å². The molecule has 3 nitrogen and oxygen atoms in total. The SMILES string of the molecule is CCC1CCCN(CC2CCC(CN)O2)C1. The molecule has 3 heteroatoms. The molecule has 0 bridgehead atoms. The topological polar surface area (TPSA) is 38.5 Å². The minimum Gasteiger partial charge on any atom is -0.372 e. The fourth-order valence-corrected chi connectivity index (χ4v) is 3.03. The van der Waals surface area contributed by atoms with Crippen LogP contribution in [-0.2, 0) is 4.74 Å². The third-order valence-electron chi connectivity index (χ3n) is 4.10. The molecule has 0 aromatic rings. The Morgan fingerprint density at radius 3 is 2.75 bits per heavy atom. The molecule has 0 saturated carbocycles. The lowest BCUT2D eigenvalue weighted by atomic mass is 9.95. The molecule has 0 spiro atoms. The molecule has 2 saturated heterocycles. The van der Waals surface area contributed by atoms with Crippen LogP contribution in [0.5, 0.6) is 0 Å². The second kappa shape index (κ2) is 5.99. The average molecular weight is 226 g/mol. The Morgan fingerprint density at radius 2 is 2.06 bits per heavy atom. The van der Waals surface area contributed by atoms with E-state index in [1.165, 1.54) is 38.8 Å². The third kappa shape index (κ3) is 3.19. The first-order valence-corrected chi connectivity index (χ1v) is 6.89. The lowest BCUT2D eigenvalue weighted by Gasteiger charge is -2.33. The lowest BCUT2D eigenvalue weighted by Crippen LogP contribution is -2.40. The largest absolute Gasteiger partial charge is 0.372 e. The van der Waals surface area contributed by atoms with Crippen molar-refractivity contribution in [3.8, 4) is 0 Å². The molecule has 3 atom stereocenters. The first-order valence-electron chi connectivity index (χ1n) is 6.89. The van der Waals surface area contributed by atoms with E-state index in [1.54, 1.807) is 0 Å². The van der Waals surface area contributed by atoms with Gasteiger partial charge in [-0.2, -0.15) is 0 Å². The van der Waals surface area contributed by atoms with Crippen LogP contribution >= 0.6 is 0 Å². The summed E-state index contributed by atoms with van der Waals surface area (Å²) in [6.07, 6.45) is 7.26. The van der Waals surface area contributed by atoms with Gasteiger partial charge >= 0.3 is 0 Å². The lowest BCUT2D eigenvalue weighted by molar-refractivity contribution is 0.0179. The molecule has 3 unspecified atom stereocenters. The van der Waals surface area contributed by atoms with E-state index < -0.39 is 0 Å². The maximum Gasteiger partial charge on any atom is 0.0707 e. The van der Waals surface area contributed by atoms with Gasteiger partial charge in [-0.15, -0.1) is 0 Å². The summed E-state index contributed by atoms with van der Waals surface area (Å²) in [6, 6.07) is 0. The van der Waals surface area contributed by atoms with E-state index in [-0.39, 0.29) is 0 Å². The van der Waals surface area contributed by atoms with Crippen LogP contribution < -0.4 is 5.73 Å². The van der Waals surface area contributed by atoms with E-state index in [4.69, 9.17) is 10.5 Å². The number of nitrogens with two attached hydrogens (primary N) is 1. The van der Waals surface area contributed by atoms with Crippen LogP contribution in [-0.4, -0.2) is 43.3 Å². The van der Waals surface area contributed by atoms with Crippen molar-refractivity contribution in [3.05, 3.63) is 0 Å². The first kappa shape index (κ1) is 12.3. The van der Waals surface area contributed by atoms with Crippen molar-refractivity contribution in [1.82, 2.24) is 4.90 Å². The van der Waals surface area contributed by atoms with Crippen molar-refractivity contribution in [3.63, 3.8) is 0 Å². The molecular weight excluding hydrogens is 200 g/mol. The predicted octanol–water partition coefficient (Wildman–Crippen LogP) is 1.61. The van der Waals surface area contributed by atoms with Crippen LogP contribution in [0.1, 0.15) is 39.0 Å². The molecule has 0 aromatic heterocycles. The predicted molar refractivity (Wildman–Crippen MR) is 66.4 cm³/mol. The highest BCUT2D eigenvalue weighted by atomic mass is 16.5. The van der Waals surface area contributed by atoms with Gasteiger partial charge in [0.2, 0.25) is 0 Å². The smallest absolute Gasteiger partial charge is 0.0707 e. The molecule has 2 N–H and O–H groups in total. The second-order valence-electron chi connectivity index (χ2n) is 5.37. The normalized spacial score (nSPS) is 36.8. The van der Waals surface area contributed by atoms with Crippen molar-refractivity contribution < 1.29 is 4.74 Å². The van der Waals surface area contributed by atoms with Crippen LogP contribution in [0.15, 0.2) is 0 Å². The van der Waals surface area contributed by atoms with Gasteiger partial charge in [-0.25, -0.2) is 0 Å². The monoisotopic (exact) mass is 226 g/mol. The Morgan fingerprint density at radius 1 is 1.25 bits per heavy atom. The molecule has 94 valence electrons. The molecule has 16 heavy (non-hydrogen) atoms. The number of hydrogen-bond donors (Lipinski definition) is 1. The molecule has 0 amide bonds. The second-order valence-corrected chi connectivity index (χ2v) is 5.37. The fraction of sp³-hybridized carbons (Fsp3) is 1.00. The minimum absolute atomic E-state index is 0.330. The number of hydrogen-bond acceptors (Lipinski definition) is 3. The molecule has 2 aliphatic heterocycles. The zero-order valence-corrected chi connectivity index (χ0v) is 10.5. The van der Waals surface area contributed by atoms with E-state index >= 15 is 0 Å². The highest BCUT2D eigenvalue weighted by Crippen LogP contribution is 2.23. The number of nitrogens with zero attached hydrogens (tertiary/aromatic N) is 1. The van der Waals surface area contributed by atoms with Crippen LogP contribution in [0.25, 0.3) is 0 Å². The summed E-state index contributed by atoms with van der Waals surface area (Å²) in [7, 11) is 0. The van der Waals surface area contributed by atoms with Crippen LogP contribution in [0.3, 0.4) is 0 Å². The number of ether oxygens (including phenoxy) is 1. The average Bonchev–Trinajstić information content (AvgIpc) is 2.77. The van der Waals surface area contributed by atoms with Gasteiger partial charge in [0.25, 0.3) is 0 Å². The third-order valence-corrected chi connectivity index (χ3v) is 4.10. The Kier molecular flexibility index (Phi) is 4.62. The van der Waals surface area contributed by atoms with E-state index in [1.807, 2.05) is 0 Å². The Hall–Kier alpha value is -0.120. The van der Waals surface area contributed by atoms with Crippen LogP contribution in [0, 0.1) is 5.92 Å². The maximum atomic E-state index is 5.92. The molecule has 2 aliphatic rings. The van der Waals surface area contributed by atoms with Crippen LogP contribution in [0.4, 0.5) is 0 Å². The molecule has 2 rings (SSSR count). The highest BCUT2D eigenvalue weighted by molar-refractivity contribution is 4.80. The quantitative estimate of drug-likeness (QED) is 0.791. The summed E-state index contributed by atoms with van der Waals surface area (Å²) >= 11 is 0. The summed E-state index contributed by atoms with van der Waals surface area (Å²) in [4.78, 5) is 2.60. The van der Waals surface area contributed by atoms with Gasteiger partial charge in [-0.1, -0.05) is 13.3 Å². The van der Waals surface area contributed by atoms with Gasteiger partial charge in [0, 0.05) is 19.6 Å². The molecule has 0 aromatic carbocycles. The minimum atomic E-state index is 0.330. The first-order chi connectivity index (χ1) is 7.81. The van der Waals surface area contributed by atoms with Gasteiger partial charge < -0.3 is 15.4 Å².